The third-order valence-corrected chi connectivity index (χ3v) is 1.95. The van der Waals surface area contributed by atoms with Crippen LogP contribution in [0.25, 0.3) is 0 Å². The van der Waals surface area contributed by atoms with Gasteiger partial charge < -0.3 is 20.6 Å². The van der Waals surface area contributed by atoms with Gasteiger partial charge in [-0.2, -0.15) is 0 Å². The van der Waals surface area contributed by atoms with E-state index in [9.17, 15) is 0 Å². The Morgan fingerprint density at radius 1 is 1.30 bits per heavy atom. The lowest BCUT2D eigenvalue weighted by atomic mass is 10.1. The molecule has 0 aliphatic carbocycles. The van der Waals surface area contributed by atoms with E-state index in [1.165, 1.54) is 0 Å². The molecule has 4 N–H and O–H groups in total. The highest BCUT2D eigenvalue weighted by Gasteiger charge is 2.37. The first-order valence-electron chi connectivity index (χ1n) is 3.40. The molecule has 0 saturated carbocycles. The monoisotopic (exact) mass is 147 g/mol. The summed E-state index contributed by atoms with van der Waals surface area (Å²) in [5, 5.41) is 29.8. The van der Waals surface area contributed by atoms with Gasteiger partial charge in [-0.15, -0.1) is 0 Å². The zero-order valence-corrected chi connectivity index (χ0v) is 5.86. The lowest BCUT2D eigenvalue weighted by molar-refractivity contribution is 0.0214. The maximum atomic E-state index is 9.16. The average Bonchev–Trinajstić information content (AvgIpc) is 2.17. The van der Waals surface area contributed by atoms with Crippen LogP contribution in [0.3, 0.4) is 0 Å². The zero-order chi connectivity index (χ0) is 7.72. The molecule has 1 rings (SSSR count). The number of hydrogen-bond donors (Lipinski definition) is 4. The summed E-state index contributed by atoms with van der Waals surface area (Å²) in [6.07, 6.45) is -1.59. The van der Waals surface area contributed by atoms with Crippen molar-refractivity contribution in [3.8, 4) is 0 Å². The van der Waals surface area contributed by atoms with Crippen molar-refractivity contribution < 1.29 is 15.3 Å². The predicted molar refractivity (Wildman–Crippen MR) is 35.5 cm³/mol. The number of rotatable bonds is 1. The largest absolute Gasteiger partial charge is 0.395 e. The fourth-order valence-electron chi connectivity index (χ4n) is 1.23. The molecule has 10 heavy (non-hydrogen) atoms. The normalized spacial score (nSPS) is 48.0. The van der Waals surface area contributed by atoms with Gasteiger partial charge in [0.25, 0.3) is 0 Å². The van der Waals surface area contributed by atoms with Crippen LogP contribution in [0.2, 0.25) is 0 Å². The second-order valence-corrected chi connectivity index (χ2v) is 2.73. The van der Waals surface area contributed by atoms with E-state index in [2.05, 4.69) is 5.32 Å². The number of aliphatic hydroxyl groups excluding tert-OH is 3. The third-order valence-electron chi connectivity index (χ3n) is 1.95. The van der Waals surface area contributed by atoms with Crippen LogP contribution in [0.5, 0.6) is 0 Å². The van der Waals surface area contributed by atoms with Gasteiger partial charge in [0.1, 0.15) is 0 Å². The Hall–Kier alpha value is -0.160. The van der Waals surface area contributed by atoms with Crippen LogP contribution < -0.4 is 5.32 Å². The van der Waals surface area contributed by atoms with Crippen LogP contribution in [-0.2, 0) is 0 Å². The van der Waals surface area contributed by atoms with Gasteiger partial charge in [-0.05, 0) is 6.92 Å². The molecule has 60 valence electrons. The topological polar surface area (TPSA) is 72.7 Å². The van der Waals surface area contributed by atoms with Crippen molar-refractivity contribution in [2.24, 2.45) is 0 Å². The molecule has 4 nitrogen and oxygen atoms in total. The van der Waals surface area contributed by atoms with Crippen molar-refractivity contribution in [3.05, 3.63) is 0 Å². The molecule has 1 fully saturated rings. The minimum Gasteiger partial charge on any atom is -0.395 e. The van der Waals surface area contributed by atoms with Gasteiger partial charge in [-0.25, -0.2) is 0 Å². The van der Waals surface area contributed by atoms with Gasteiger partial charge in [0, 0.05) is 6.04 Å². The van der Waals surface area contributed by atoms with Gasteiger partial charge >= 0.3 is 0 Å². The molecular weight excluding hydrogens is 134 g/mol. The maximum absolute atomic E-state index is 9.16. The van der Waals surface area contributed by atoms with Crippen molar-refractivity contribution >= 4 is 0 Å². The molecule has 0 amide bonds. The zero-order valence-electron chi connectivity index (χ0n) is 5.86. The van der Waals surface area contributed by atoms with Gasteiger partial charge in [0.15, 0.2) is 0 Å². The second kappa shape index (κ2) is 2.84. The second-order valence-electron chi connectivity index (χ2n) is 2.73. The van der Waals surface area contributed by atoms with Crippen molar-refractivity contribution in [3.63, 3.8) is 0 Å². The van der Waals surface area contributed by atoms with Gasteiger partial charge in [0.2, 0.25) is 0 Å². The van der Waals surface area contributed by atoms with Gasteiger partial charge in [-0.3, -0.25) is 0 Å². The van der Waals surface area contributed by atoms with E-state index >= 15 is 0 Å². The lowest BCUT2D eigenvalue weighted by Crippen LogP contribution is -2.36. The highest BCUT2D eigenvalue weighted by molar-refractivity contribution is 4.95. The molecule has 1 heterocycles. The van der Waals surface area contributed by atoms with Crippen LogP contribution in [0.15, 0.2) is 0 Å². The van der Waals surface area contributed by atoms with Crippen molar-refractivity contribution in [2.45, 2.75) is 31.2 Å². The number of aliphatic hydroxyl groups is 3. The van der Waals surface area contributed by atoms with Crippen LogP contribution in [0.4, 0.5) is 0 Å². The molecule has 1 aliphatic rings. The highest BCUT2D eigenvalue weighted by atomic mass is 16.3. The summed E-state index contributed by atoms with van der Waals surface area (Å²) in [5.74, 6) is 0. The third kappa shape index (κ3) is 1.15. The molecule has 0 aromatic carbocycles. The Kier molecular flexibility index (Phi) is 2.25. The fourth-order valence-corrected chi connectivity index (χ4v) is 1.23. The Labute approximate surface area is 59.5 Å². The minimum absolute atomic E-state index is 0.132. The van der Waals surface area contributed by atoms with Crippen molar-refractivity contribution in [1.29, 1.82) is 0 Å². The number of hydrogen-bond acceptors (Lipinski definition) is 4. The van der Waals surface area contributed by atoms with E-state index in [4.69, 9.17) is 15.3 Å². The van der Waals surface area contributed by atoms with Crippen LogP contribution in [0, 0.1) is 0 Å². The van der Waals surface area contributed by atoms with E-state index in [1.54, 1.807) is 6.92 Å². The van der Waals surface area contributed by atoms with Crippen LogP contribution >= 0.6 is 0 Å². The smallest absolute Gasteiger partial charge is 0.0989 e. The van der Waals surface area contributed by atoms with Crippen LogP contribution in [-0.4, -0.2) is 46.2 Å². The van der Waals surface area contributed by atoms with E-state index in [-0.39, 0.29) is 18.7 Å². The van der Waals surface area contributed by atoms with Crippen molar-refractivity contribution in [1.82, 2.24) is 5.32 Å². The summed E-state index contributed by atoms with van der Waals surface area (Å²) in [6, 6.07) is -0.503. The van der Waals surface area contributed by atoms with Crippen molar-refractivity contribution in [2.75, 3.05) is 6.61 Å². The van der Waals surface area contributed by atoms with E-state index in [0.717, 1.165) is 0 Å². The first kappa shape index (κ1) is 7.94. The van der Waals surface area contributed by atoms with E-state index < -0.39 is 12.2 Å². The van der Waals surface area contributed by atoms with Crippen LogP contribution in [0.1, 0.15) is 6.92 Å². The average molecular weight is 147 g/mol. The molecule has 4 heteroatoms. The summed E-state index contributed by atoms with van der Waals surface area (Å²) in [4.78, 5) is 0. The molecule has 1 saturated heterocycles. The molecule has 1 aliphatic heterocycles. The summed E-state index contributed by atoms with van der Waals surface area (Å²) < 4.78 is 0. The molecule has 0 aromatic rings. The summed E-state index contributed by atoms with van der Waals surface area (Å²) in [5.41, 5.74) is 0. The summed E-state index contributed by atoms with van der Waals surface area (Å²) in [6.45, 7) is 1.63. The minimum atomic E-state index is -0.833. The molecule has 2 unspecified atom stereocenters. The van der Waals surface area contributed by atoms with Gasteiger partial charge in [-0.1, -0.05) is 0 Å². The lowest BCUT2D eigenvalue weighted by Gasteiger charge is -2.11. The first-order chi connectivity index (χ1) is 4.66. The SMILES string of the molecule is C[C@@H]1N[C@@H](CO)C(O)C1O. The van der Waals surface area contributed by atoms with E-state index in [0.29, 0.717) is 0 Å². The predicted octanol–water partition coefficient (Wildman–Crippen LogP) is -1.94. The molecule has 0 bridgehead atoms. The Morgan fingerprint density at radius 2 is 1.90 bits per heavy atom. The Balaban J connectivity index is 2.53. The Morgan fingerprint density at radius 3 is 2.10 bits per heavy atom. The Bertz CT molecular complexity index is 120. The first-order valence-corrected chi connectivity index (χ1v) is 3.40. The summed E-state index contributed by atoms with van der Waals surface area (Å²) in [7, 11) is 0. The molecular formula is C6H13NO3. The van der Waals surface area contributed by atoms with Gasteiger partial charge in [0.05, 0.1) is 24.9 Å². The number of nitrogens with one attached hydrogen (secondary N) is 1. The molecule has 0 radical (unpaired) electrons. The highest BCUT2D eigenvalue weighted by Crippen LogP contribution is 2.12. The van der Waals surface area contributed by atoms with E-state index in [1.807, 2.05) is 0 Å². The standard InChI is InChI=1S/C6H13NO3/c1-3-5(9)6(10)4(2-8)7-3/h3-10H,2H2,1H3/t3-,4-,5?,6?/m0/s1. The molecule has 4 atom stereocenters. The molecule has 0 spiro atoms. The fraction of sp³-hybridized carbons (Fsp3) is 1.00. The maximum Gasteiger partial charge on any atom is 0.0989 e. The quantitative estimate of drug-likeness (QED) is 0.348. The molecule has 0 aromatic heterocycles. The summed E-state index contributed by atoms with van der Waals surface area (Å²) >= 11 is 0.